The van der Waals surface area contributed by atoms with Gasteiger partial charge in [0.05, 0.1) is 35.8 Å². The van der Waals surface area contributed by atoms with E-state index in [9.17, 15) is 36.2 Å². The monoisotopic (exact) mass is 669 g/mol. The van der Waals surface area contributed by atoms with Crippen LogP contribution in [0.3, 0.4) is 0 Å². The minimum Gasteiger partial charge on any atom is -0.488 e. The molecular weight excluding hydrogens is 644 g/mol. The molecule has 46 heavy (non-hydrogen) atoms. The van der Waals surface area contributed by atoms with Gasteiger partial charge < -0.3 is 23.9 Å². The fourth-order valence-corrected chi connectivity index (χ4v) is 5.78. The first-order chi connectivity index (χ1) is 21.9. The summed E-state index contributed by atoms with van der Waals surface area (Å²) in [6, 6.07) is 8.47. The van der Waals surface area contributed by atoms with Crippen LogP contribution < -0.4 is 9.47 Å². The second-order valence-electron chi connectivity index (χ2n) is 11.0. The van der Waals surface area contributed by atoms with Crippen molar-refractivity contribution in [3.05, 3.63) is 86.9 Å². The first-order valence-electron chi connectivity index (χ1n) is 14.2. The van der Waals surface area contributed by atoms with Crippen molar-refractivity contribution < 1.29 is 50.5 Å². The third kappa shape index (κ3) is 6.74. The number of hydrogen-bond acceptors (Lipinski definition) is 6. The summed E-state index contributed by atoms with van der Waals surface area (Å²) >= 11 is 5.78. The van der Waals surface area contributed by atoms with E-state index in [1.54, 1.807) is 4.57 Å². The van der Waals surface area contributed by atoms with Gasteiger partial charge in [0.1, 0.15) is 29.5 Å². The average molecular weight is 670 g/mol. The van der Waals surface area contributed by atoms with Crippen LogP contribution in [0.1, 0.15) is 44.9 Å². The zero-order valence-electron chi connectivity index (χ0n) is 23.9. The highest BCUT2D eigenvalue weighted by Gasteiger charge is 2.36. The van der Waals surface area contributed by atoms with Crippen molar-refractivity contribution in [2.24, 2.45) is 0 Å². The Bertz CT molecular complexity index is 1790. The van der Waals surface area contributed by atoms with Gasteiger partial charge in [0.15, 0.2) is 5.75 Å². The maximum absolute atomic E-state index is 14.3. The summed E-state index contributed by atoms with van der Waals surface area (Å²) in [5, 5.41) is 9.74. The van der Waals surface area contributed by atoms with Crippen molar-refractivity contribution >= 4 is 28.6 Å². The zero-order chi connectivity index (χ0) is 32.7. The molecule has 2 aliphatic heterocycles. The lowest BCUT2D eigenvalue weighted by molar-refractivity contribution is -0.139. The smallest absolute Gasteiger partial charge is 0.419 e. The molecule has 8 nitrogen and oxygen atoms in total. The number of carboxylic acid groups (broad SMARTS) is 1. The summed E-state index contributed by atoms with van der Waals surface area (Å²) in [5.41, 5.74) is 0.165. The highest BCUT2D eigenvalue weighted by atomic mass is 35.5. The van der Waals surface area contributed by atoms with Gasteiger partial charge in [-0.05, 0) is 60.4 Å². The van der Waals surface area contributed by atoms with Crippen LogP contribution in [-0.2, 0) is 43.6 Å². The predicted molar refractivity (Wildman–Crippen MR) is 153 cm³/mol. The fraction of sp³-hybridized carbons (Fsp3) is 0.355. The molecule has 0 spiro atoms. The normalized spacial score (nSPS) is 16.8. The lowest BCUT2D eigenvalue weighted by atomic mass is 9.96. The Labute approximate surface area is 263 Å². The van der Waals surface area contributed by atoms with E-state index in [0.717, 1.165) is 24.6 Å². The van der Waals surface area contributed by atoms with E-state index in [-0.39, 0.29) is 65.1 Å². The van der Waals surface area contributed by atoms with Gasteiger partial charge in [-0.1, -0.05) is 17.7 Å². The molecule has 1 N–H and O–H groups in total. The molecule has 0 bridgehead atoms. The number of imidazole rings is 1. The van der Waals surface area contributed by atoms with E-state index < -0.39 is 42.5 Å². The fourth-order valence-electron chi connectivity index (χ4n) is 5.62. The number of halogens is 7. The average Bonchev–Trinajstić information content (AvgIpc) is 3.30. The molecule has 2 aliphatic rings. The highest BCUT2D eigenvalue weighted by Crippen LogP contribution is 2.40. The topological polar surface area (TPSA) is 86.0 Å². The van der Waals surface area contributed by atoms with E-state index in [0.29, 0.717) is 30.1 Å². The molecule has 1 fully saturated rings. The Hall–Kier alpha value is -4.01. The minimum atomic E-state index is -4.72. The Morgan fingerprint density at radius 3 is 2.57 bits per heavy atom. The number of rotatable bonds is 10. The van der Waals surface area contributed by atoms with Crippen LogP contribution in [0, 0.1) is 5.82 Å². The molecule has 0 saturated carbocycles. The molecule has 6 rings (SSSR count). The number of fused-ring (bicyclic) bond motifs is 2. The molecule has 244 valence electrons. The molecule has 3 heterocycles. The Balaban J connectivity index is 1.31. The SMILES string of the molecule is O=C(O)c1cc(OC(F)F)c2nc(CN3CCc4cc(C(F)(F)F)c(OCc5ccc(Cl)cc5F)cc4C3)n(C[C@@H]3CCO3)c2c1. The second kappa shape index (κ2) is 12.6. The summed E-state index contributed by atoms with van der Waals surface area (Å²) in [6.45, 7) is -2.14. The van der Waals surface area contributed by atoms with Crippen LogP contribution in [0.15, 0.2) is 42.5 Å². The molecule has 15 heteroatoms. The van der Waals surface area contributed by atoms with Gasteiger partial charge in [-0.3, -0.25) is 4.90 Å². The summed E-state index contributed by atoms with van der Waals surface area (Å²) < 4.78 is 100. The van der Waals surface area contributed by atoms with Gasteiger partial charge in [-0.15, -0.1) is 0 Å². The number of carbonyl (C=O) groups is 1. The number of alkyl halides is 5. The van der Waals surface area contributed by atoms with Crippen molar-refractivity contribution in [3.8, 4) is 11.5 Å². The van der Waals surface area contributed by atoms with Gasteiger partial charge in [0.25, 0.3) is 0 Å². The third-order valence-corrected chi connectivity index (χ3v) is 8.24. The van der Waals surface area contributed by atoms with Gasteiger partial charge in [0, 0.05) is 30.3 Å². The quantitative estimate of drug-likeness (QED) is 0.181. The van der Waals surface area contributed by atoms with Crippen molar-refractivity contribution in [1.82, 2.24) is 14.5 Å². The standard InChI is InChI=1S/C31H26ClF6N3O5/c32-20-2-1-17(23(33)11-20)15-45-25-10-19-12-40(5-3-16(19)7-22(25)31(36,37)38)14-27-39-28-24(41(27)13-21-4-6-44-21)8-18(29(42)43)9-26(28)46-30(34)35/h1-2,7-11,21,30H,3-6,12-15H2,(H,42,43)/t21-/m0/s1. The first-order valence-corrected chi connectivity index (χ1v) is 14.6. The maximum atomic E-state index is 14.3. The molecule has 1 atom stereocenters. The van der Waals surface area contributed by atoms with Gasteiger partial charge >= 0.3 is 18.8 Å². The Kier molecular flexibility index (Phi) is 8.79. The van der Waals surface area contributed by atoms with Crippen molar-refractivity contribution in [1.29, 1.82) is 0 Å². The third-order valence-electron chi connectivity index (χ3n) is 8.00. The number of aromatic carboxylic acids is 1. The van der Waals surface area contributed by atoms with Gasteiger partial charge in [0.2, 0.25) is 0 Å². The predicted octanol–water partition coefficient (Wildman–Crippen LogP) is 7.07. The molecule has 1 aromatic heterocycles. The number of ether oxygens (including phenoxy) is 3. The molecule has 0 amide bonds. The lowest BCUT2D eigenvalue weighted by Crippen LogP contribution is -2.34. The summed E-state index contributed by atoms with van der Waals surface area (Å²) in [5.74, 6) is -2.47. The number of carboxylic acids is 1. The van der Waals surface area contributed by atoms with E-state index in [1.807, 2.05) is 4.90 Å². The van der Waals surface area contributed by atoms with Crippen molar-refractivity contribution in [2.45, 2.75) is 58.0 Å². The number of aromatic nitrogens is 2. The summed E-state index contributed by atoms with van der Waals surface area (Å²) in [4.78, 5) is 18.3. The molecule has 3 aromatic carbocycles. The molecule has 1 saturated heterocycles. The van der Waals surface area contributed by atoms with Crippen molar-refractivity contribution in [3.63, 3.8) is 0 Å². The molecular formula is C31H26ClF6N3O5. The maximum Gasteiger partial charge on any atom is 0.419 e. The number of benzene rings is 3. The number of nitrogens with zero attached hydrogens (tertiary/aromatic N) is 3. The second-order valence-corrected chi connectivity index (χ2v) is 11.5. The van der Waals surface area contributed by atoms with Crippen LogP contribution in [0.5, 0.6) is 11.5 Å². The van der Waals surface area contributed by atoms with Gasteiger partial charge in [-0.2, -0.15) is 22.0 Å². The van der Waals surface area contributed by atoms with Crippen LogP contribution in [0.25, 0.3) is 11.0 Å². The minimum absolute atomic E-state index is 0.0347. The van der Waals surface area contributed by atoms with Crippen LogP contribution >= 0.6 is 11.6 Å². The van der Waals surface area contributed by atoms with E-state index >= 15 is 0 Å². The summed E-state index contributed by atoms with van der Waals surface area (Å²) in [7, 11) is 0. The van der Waals surface area contributed by atoms with Crippen LogP contribution in [0.4, 0.5) is 26.3 Å². The first kappa shape index (κ1) is 32.0. The number of hydrogen-bond donors (Lipinski definition) is 1. The molecule has 4 aromatic rings. The van der Waals surface area contributed by atoms with Crippen molar-refractivity contribution in [2.75, 3.05) is 13.2 Å². The van der Waals surface area contributed by atoms with E-state index in [1.165, 1.54) is 24.3 Å². The van der Waals surface area contributed by atoms with Crippen LogP contribution in [0.2, 0.25) is 5.02 Å². The largest absolute Gasteiger partial charge is 0.488 e. The molecule has 0 unspecified atom stereocenters. The Morgan fingerprint density at radius 2 is 1.91 bits per heavy atom. The summed E-state index contributed by atoms with van der Waals surface area (Å²) in [6.07, 6.45) is -3.92. The van der Waals surface area contributed by atoms with Gasteiger partial charge in [-0.25, -0.2) is 14.2 Å². The highest BCUT2D eigenvalue weighted by molar-refractivity contribution is 6.30. The lowest BCUT2D eigenvalue weighted by Gasteiger charge is -2.31. The zero-order valence-corrected chi connectivity index (χ0v) is 24.7. The van der Waals surface area contributed by atoms with E-state index in [2.05, 4.69) is 9.72 Å². The molecule has 0 radical (unpaired) electrons. The molecule has 0 aliphatic carbocycles. The van der Waals surface area contributed by atoms with E-state index in [4.69, 9.17) is 21.1 Å². The Morgan fingerprint density at radius 1 is 1.13 bits per heavy atom. The van der Waals surface area contributed by atoms with Crippen LogP contribution in [-0.4, -0.2) is 51.4 Å².